The lowest BCUT2D eigenvalue weighted by atomic mass is 10.2. The smallest absolute Gasteiger partial charge is 0.181 e. The van der Waals surface area contributed by atoms with E-state index < -0.39 is 9.84 Å². The van der Waals surface area contributed by atoms with Crippen molar-refractivity contribution in [2.45, 2.75) is 11.3 Å². The van der Waals surface area contributed by atoms with Crippen LogP contribution in [0.15, 0.2) is 41.8 Å². The van der Waals surface area contributed by atoms with Gasteiger partial charge in [0.2, 0.25) is 0 Å². The van der Waals surface area contributed by atoms with E-state index in [1.165, 1.54) is 6.08 Å². The zero-order chi connectivity index (χ0) is 10.6. The maximum atomic E-state index is 11.5. The van der Waals surface area contributed by atoms with Crippen LogP contribution in [-0.2, 0) is 16.3 Å². The number of hydrogen-bond donors (Lipinski definition) is 0. The second kappa shape index (κ2) is 4.42. The van der Waals surface area contributed by atoms with E-state index in [1.54, 1.807) is 24.3 Å². The van der Waals surface area contributed by atoms with Gasteiger partial charge in [0.15, 0.2) is 9.84 Å². The average Bonchev–Trinajstić information content (AvgIpc) is 2.18. The molecule has 0 amide bonds. The van der Waals surface area contributed by atoms with Gasteiger partial charge in [-0.15, -0.1) is 6.58 Å². The molecule has 14 heavy (non-hydrogen) atoms. The lowest BCUT2D eigenvalue weighted by Crippen LogP contribution is -2.04. The largest absolute Gasteiger partial charge is 0.223 e. The average molecular weight is 209 g/mol. The Balaban J connectivity index is 3.03. The van der Waals surface area contributed by atoms with E-state index in [0.717, 1.165) is 5.56 Å². The molecule has 1 aromatic rings. The van der Waals surface area contributed by atoms with E-state index in [-0.39, 0.29) is 5.75 Å². The van der Waals surface area contributed by atoms with Crippen LogP contribution < -0.4 is 0 Å². The fourth-order valence-electron chi connectivity index (χ4n) is 1.11. The molecule has 1 aromatic carbocycles. The predicted octanol–water partition coefficient (Wildman–Crippen LogP) is 2.02. The Kier molecular flexibility index (Phi) is 3.47. The first-order valence-electron chi connectivity index (χ1n) is 4.32. The van der Waals surface area contributed by atoms with E-state index in [1.807, 2.05) is 0 Å². The van der Waals surface area contributed by atoms with Crippen LogP contribution in [0.2, 0.25) is 0 Å². The van der Waals surface area contributed by atoms with Crippen molar-refractivity contribution < 1.29 is 8.42 Å². The van der Waals surface area contributed by atoms with Crippen LogP contribution in [0.5, 0.6) is 0 Å². The van der Waals surface area contributed by atoms with Crippen molar-refractivity contribution in [3.8, 4) is 0 Å². The lowest BCUT2D eigenvalue weighted by Gasteiger charge is -2.02. The van der Waals surface area contributed by atoms with Crippen LogP contribution in [0, 0.1) is 6.92 Å². The number of benzene rings is 1. The molecule has 0 aliphatic rings. The van der Waals surface area contributed by atoms with Crippen molar-refractivity contribution >= 4 is 9.84 Å². The highest BCUT2D eigenvalue weighted by atomic mass is 32.2. The summed E-state index contributed by atoms with van der Waals surface area (Å²) in [6.07, 6.45) is 2.06. The monoisotopic (exact) mass is 209 g/mol. The summed E-state index contributed by atoms with van der Waals surface area (Å²) >= 11 is 0. The predicted molar refractivity (Wildman–Crippen MR) is 57.8 cm³/mol. The van der Waals surface area contributed by atoms with Gasteiger partial charge in [0.1, 0.15) is 0 Å². The summed E-state index contributed by atoms with van der Waals surface area (Å²) in [7, 11) is -3.17. The van der Waals surface area contributed by atoms with Crippen LogP contribution in [-0.4, -0.2) is 14.2 Å². The fraction of sp³-hybridized carbons (Fsp3) is 0.182. The quantitative estimate of drug-likeness (QED) is 0.711. The summed E-state index contributed by atoms with van der Waals surface area (Å²) < 4.78 is 23.1. The summed E-state index contributed by atoms with van der Waals surface area (Å²) in [5.41, 5.74) is 1.03. The van der Waals surface area contributed by atoms with Gasteiger partial charge in [0, 0.05) is 0 Å². The summed E-state index contributed by atoms with van der Waals surface area (Å²) in [6, 6.07) is 6.78. The topological polar surface area (TPSA) is 34.1 Å². The molecule has 0 aliphatic heterocycles. The van der Waals surface area contributed by atoms with Crippen molar-refractivity contribution in [2.75, 3.05) is 5.75 Å². The molecule has 3 heteroatoms. The van der Waals surface area contributed by atoms with Crippen LogP contribution in [0.4, 0.5) is 0 Å². The SMILES string of the molecule is [CH2]Cc1ccc(S(=O)(=O)CC=C)cc1. The van der Waals surface area contributed by atoms with Gasteiger partial charge >= 0.3 is 0 Å². The zero-order valence-electron chi connectivity index (χ0n) is 7.94. The molecule has 0 unspecified atom stereocenters. The lowest BCUT2D eigenvalue weighted by molar-refractivity contribution is 0.599. The Morgan fingerprint density at radius 1 is 1.21 bits per heavy atom. The minimum Gasteiger partial charge on any atom is -0.223 e. The van der Waals surface area contributed by atoms with Gasteiger partial charge < -0.3 is 0 Å². The number of sulfone groups is 1. The Morgan fingerprint density at radius 2 is 1.79 bits per heavy atom. The van der Waals surface area contributed by atoms with Crippen molar-refractivity contribution in [3.05, 3.63) is 49.4 Å². The number of hydrogen-bond acceptors (Lipinski definition) is 2. The Morgan fingerprint density at radius 3 is 2.21 bits per heavy atom. The third-order valence-corrected chi connectivity index (χ3v) is 3.57. The highest BCUT2D eigenvalue weighted by molar-refractivity contribution is 7.91. The van der Waals surface area contributed by atoms with Crippen LogP contribution in [0.3, 0.4) is 0 Å². The Hall–Kier alpha value is -1.09. The first-order valence-corrected chi connectivity index (χ1v) is 5.97. The second-order valence-corrected chi connectivity index (χ2v) is 5.00. The van der Waals surface area contributed by atoms with E-state index in [9.17, 15) is 8.42 Å². The Labute approximate surface area is 85.2 Å². The minimum atomic E-state index is -3.17. The molecule has 0 aliphatic carbocycles. The summed E-state index contributed by atoms with van der Waals surface area (Å²) in [6.45, 7) is 7.13. The van der Waals surface area contributed by atoms with Gasteiger partial charge in [0.05, 0.1) is 10.6 Å². The highest BCUT2D eigenvalue weighted by Gasteiger charge is 2.11. The maximum Gasteiger partial charge on any atom is 0.181 e. The molecule has 0 spiro atoms. The van der Waals surface area contributed by atoms with Crippen molar-refractivity contribution in [3.63, 3.8) is 0 Å². The number of rotatable bonds is 4. The molecule has 0 saturated heterocycles. The molecule has 0 saturated carbocycles. The molecule has 0 aromatic heterocycles. The van der Waals surface area contributed by atoms with Gasteiger partial charge in [-0.05, 0) is 31.0 Å². The van der Waals surface area contributed by atoms with Gasteiger partial charge in [-0.3, -0.25) is 0 Å². The summed E-state index contributed by atoms with van der Waals surface area (Å²) in [5, 5.41) is 0. The van der Waals surface area contributed by atoms with Gasteiger partial charge in [-0.2, -0.15) is 0 Å². The molecule has 1 radical (unpaired) electrons. The molecule has 0 bridgehead atoms. The molecule has 75 valence electrons. The molecule has 1 rings (SSSR count). The first-order chi connectivity index (χ1) is 6.60. The molecular weight excluding hydrogens is 196 g/mol. The molecule has 2 nitrogen and oxygen atoms in total. The molecular formula is C11H13O2S. The summed E-state index contributed by atoms with van der Waals surface area (Å²) in [5.74, 6) is -0.0171. The first kappa shape index (κ1) is 11.0. The zero-order valence-corrected chi connectivity index (χ0v) is 8.76. The van der Waals surface area contributed by atoms with E-state index in [2.05, 4.69) is 13.5 Å². The maximum absolute atomic E-state index is 11.5. The van der Waals surface area contributed by atoms with Crippen molar-refractivity contribution in [2.24, 2.45) is 0 Å². The van der Waals surface area contributed by atoms with Gasteiger partial charge in [0.25, 0.3) is 0 Å². The molecule has 0 heterocycles. The third kappa shape index (κ3) is 2.45. The second-order valence-electron chi connectivity index (χ2n) is 2.96. The molecule has 0 fully saturated rings. The van der Waals surface area contributed by atoms with E-state index >= 15 is 0 Å². The molecule has 0 N–H and O–H groups in total. The van der Waals surface area contributed by atoms with Crippen molar-refractivity contribution in [1.29, 1.82) is 0 Å². The normalized spacial score (nSPS) is 11.2. The molecule has 0 atom stereocenters. The standard InChI is InChI=1S/C11H13O2S/c1-3-9-14(12,13)11-7-5-10(4-2)6-8-11/h3,5-8H,1-2,4,9H2. The van der Waals surface area contributed by atoms with Crippen molar-refractivity contribution in [1.82, 2.24) is 0 Å². The van der Waals surface area contributed by atoms with Crippen LogP contribution >= 0.6 is 0 Å². The third-order valence-electron chi connectivity index (χ3n) is 1.91. The fourth-order valence-corrected chi connectivity index (χ4v) is 2.17. The minimum absolute atomic E-state index is 0.0171. The van der Waals surface area contributed by atoms with Gasteiger partial charge in [-0.1, -0.05) is 18.2 Å². The van der Waals surface area contributed by atoms with Crippen LogP contribution in [0.25, 0.3) is 0 Å². The Bertz CT molecular complexity index is 401. The van der Waals surface area contributed by atoms with E-state index in [0.29, 0.717) is 11.3 Å². The van der Waals surface area contributed by atoms with Gasteiger partial charge in [-0.25, -0.2) is 8.42 Å². The van der Waals surface area contributed by atoms with E-state index in [4.69, 9.17) is 0 Å². The highest BCUT2D eigenvalue weighted by Crippen LogP contribution is 2.12. The van der Waals surface area contributed by atoms with Crippen LogP contribution in [0.1, 0.15) is 5.56 Å². The summed E-state index contributed by atoms with van der Waals surface area (Å²) in [4.78, 5) is 0.342.